The summed E-state index contributed by atoms with van der Waals surface area (Å²) in [4.78, 5) is 43.7. The van der Waals surface area contributed by atoms with Crippen molar-refractivity contribution in [3.05, 3.63) is 120 Å². The topological polar surface area (TPSA) is 110 Å². The molecule has 1 unspecified atom stereocenters. The van der Waals surface area contributed by atoms with Crippen molar-refractivity contribution in [2.24, 2.45) is 0 Å². The van der Waals surface area contributed by atoms with Gasteiger partial charge in [-0.2, -0.15) is 0 Å². The van der Waals surface area contributed by atoms with Crippen LogP contribution in [0.5, 0.6) is 5.75 Å². The van der Waals surface area contributed by atoms with Gasteiger partial charge in [-0.05, 0) is 85.8 Å². The molecule has 2 amide bonds. The summed E-state index contributed by atoms with van der Waals surface area (Å²) in [5, 5.41) is 3.80. The lowest BCUT2D eigenvalue weighted by Gasteiger charge is -2.22. The molecule has 5 aromatic rings. The predicted octanol–water partition coefficient (Wildman–Crippen LogP) is 8.93. The van der Waals surface area contributed by atoms with E-state index >= 15 is 0 Å². The van der Waals surface area contributed by atoms with E-state index in [1.807, 2.05) is 43.5 Å². The van der Waals surface area contributed by atoms with Crippen LogP contribution in [-0.2, 0) is 9.47 Å². The maximum absolute atomic E-state index is 13.3. The number of methoxy groups -OCH3 is 1. The van der Waals surface area contributed by atoms with Crippen LogP contribution in [0.25, 0.3) is 10.9 Å². The van der Waals surface area contributed by atoms with Crippen molar-refractivity contribution in [1.29, 1.82) is 0 Å². The fraction of sp³-hybridized carbons (Fsp3) is 0.216. The van der Waals surface area contributed by atoms with E-state index in [-0.39, 0.29) is 17.6 Å². The van der Waals surface area contributed by atoms with Crippen LogP contribution in [0.15, 0.2) is 103 Å². The normalized spacial score (nSPS) is 13.6. The molecule has 9 heteroatoms. The number of para-hydroxylation sites is 2. The van der Waals surface area contributed by atoms with Crippen molar-refractivity contribution in [1.82, 2.24) is 4.98 Å². The number of anilines is 3. The second-order valence-corrected chi connectivity index (χ2v) is 11.3. The van der Waals surface area contributed by atoms with Crippen LogP contribution in [0.2, 0.25) is 0 Å². The summed E-state index contributed by atoms with van der Waals surface area (Å²) < 4.78 is 16.6. The summed E-state index contributed by atoms with van der Waals surface area (Å²) in [6.45, 7) is 2.04. The Balaban J connectivity index is 1.20. The van der Waals surface area contributed by atoms with Crippen LogP contribution < -0.4 is 15.0 Å². The molecule has 0 radical (unpaired) electrons. The summed E-state index contributed by atoms with van der Waals surface area (Å²) in [5.74, 6) is -0.476. The zero-order chi connectivity index (χ0) is 32.0. The summed E-state index contributed by atoms with van der Waals surface area (Å²) >= 11 is 0. The summed E-state index contributed by atoms with van der Waals surface area (Å²) in [6.07, 6.45) is 4.60. The second-order valence-electron chi connectivity index (χ2n) is 11.3. The molecule has 1 aliphatic rings. The largest absolute Gasteiger partial charge is 0.496 e. The first-order valence-corrected chi connectivity index (χ1v) is 15.3. The summed E-state index contributed by atoms with van der Waals surface area (Å²) in [5.41, 5.74) is 4.67. The van der Waals surface area contributed by atoms with Gasteiger partial charge in [-0.1, -0.05) is 49.4 Å². The maximum atomic E-state index is 13.3. The summed E-state index contributed by atoms with van der Waals surface area (Å²) in [7, 11) is 1.53. The number of hydrogen-bond donors (Lipinski definition) is 2. The monoisotopic (exact) mass is 617 g/mol. The molecule has 0 spiro atoms. The molecule has 1 saturated carbocycles. The molecule has 0 bridgehead atoms. The quantitative estimate of drug-likeness (QED) is 0.133. The number of aromatic amines is 1. The van der Waals surface area contributed by atoms with Crippen molar-refractivity contribution in [2.45, 2.75) is 44.6 Å². The predicted molar refractivity (Wildman–Crippen MR) is 177 cm³/mol. The van der Waals surface area contributed by atoms with E-state index in [9.17, 15) is 14.4 Å². The number of H-pyrrole nitrogens is 1. The molecule has 6 rings (SSSR count). The minimum atomic E-state index is -0.825. The number of nitrogens with one attached hydrogen (secondary N) is 2. The average Bonchev–Trinajstić information content (AvgIpc) is 3.75. The van der Waals surface area contributed by atoms with Crippen LogP contribution in [0.1, 0.15) is 60.0 Å². The average molecular weight is 618 g/mol. The van der Waals surface area contributed by atoms with Gasteiger partial charge in [-0.15, -0.1) is 0 Å². The molecule has 1 atom stereocenters. The van der Waals surface area contributed by atoms with Gasteiger partial charge in [0.25, 0.3) is 0 Å². The molecule has 1 aromatic heterocycles. The standard InChI is InChI=1S/C37H35N3O6/c1-24(32-23-38-33-20-18-26(22-31(32)33)39-36(42)45-29-15-9-10-16-29)30-19-17-25(21-34(30)44-2)35(41)46-37(43)40(27-11-5-3-6-12-27)28-13-7-4-8-14-28/h3-8,11-14,17-24,29,38H,9-10,15-16H2,1-2H3,(H,39,42). The van der Waals surface area contributed by atoms with E-state index in [1.54, 1.807) is 66.7 Å². The van der Waals surface area contributed by atoms with Gasteiger partial charge in [-0.25, -0.2) is 19.3 Å². The van der Waals surface area contributed by atoms with Crippen LogP contribution in [-0.4, -0.2) is 36.4 Å². The van der Waals surface area contributed by atoms with Crippen LogP contribution in [0.3, 0.4) is 0 Å². The number of ether oxygens (including phenoxy) is 3. The van der Waals surface area contributed by atoms with E-state index in [2.05, 4.69) is 10.3 Å². The highest BCUT2D eigenvalue weighted by Crippen LogP contribution is 2.37. The van der Waals surface area contributed by atoms with Crippen molar-refractivity contribution in [2.75, 3.05) is 17.3 Å². The molecule has 1 heterocycles. The Morgan fingerprint density at radius 1 is 0.848 bits per heavy atom. The first-order valence-electron chi connectivity index (χ1n) is 15.3. The van der Waals surface area contributed by atoms with E-state index in [4.69, 9.17) is 14.2 Å². The molecule has 9 nitrogen and oxygen atoms in total. The zero-order valence-electron chi connectivity index (χ0n) is 25.7. The van der Waals surface area contributed by atoms with E-state index < -0.39 is 18.2 Å². The van der Waals surface area contributed by atoms with Crippen molar-refractivity contribution in [3.8, 4) is 5.75 Å². The molecular weight excluding hydrogens is 582 g/mol. The van der Waals surface area contributed by atoms with E-state index in [0.717, 1.165) is 47.7 Å². The Bertz CT molecular complexity index is 1810. The lowest BCUT2D eigenvalue weighted by atomic mass is 9.91. The number of amides is 2. The van der Waals surface area contributed by atoms with Gasteiger partial charge in [-0.3, -0.25) is 5.32 Å². The molecule has 2 N–H and O–H groups in total. The maximum Gasteiger partial charge on any atom is 0.426 e. The first kappa shape index (κ1) is 30.5. The van der Waals surface area contributed by atoms with Gasteiger partial charge in [0.15, 0.2) is 0 Å². The molecule has 234 valence electrons. The Morgan fingerprint density at radius 2 is 1.52 bits per heavy atom. The number of carbonyl (C=O) groups is 3. The lowest BCUT2D eigenvalue weighted by Crippen LogP contribution is -2.29. The Kier molecular flexibility index (Phi) is 9.01. The minimum Gasteiger partial charge on any atom is -0.496 e. The highest BCUT2D eigenvalue weighted by Gasteiger charge is 2.25. The molecular formula is C37H35N3O6. The third-order valence-electron chi connectivity index (χ3n) is 8.33. The van der Waals surface area contributed by atoms with Gasteiger partial charge < -0.3 is 19.2 Å². The van der Waals surface area contributed by atoms with Crippen molar-refractivity contribution < 1.29 is 28.6 Å². The number of esters is 1. The Morgan fingerprint density at radius 3 is 2.17 bits per heavy atom. The molecule has 1 fully saturated rings. The minimum absolute atomic E-state index is 0.0240. The number of fused-ring (bicyclic) bond motifs is 1. The van der Waals surface area contributed by atoms with Crippen molar-refractivity contribution >= 4 is 46.1 Å². The Labute approximate surface area is 267 Å². The lowest BCUT2D eigenvalue weighted by molar-refractivity contribution is 0.0637. The Hall–Kier alpha value is -5.57. The van der Waals surface area contributed by atoms with E-state index in [1.165, 1.54) is 12.0 Å². The third-order valence-corrected chi connectivity index (χ3v) is 8.33. The van der Waals surface area contributed by atoms with Gasteiger partial charge >= 0.3 is 18.2 Å². The van der Waals surface area contributed by atoms with Gasteiger partial charge in [0.05, 0.1) is 24.0 Å². The van der Waals surface area contributed by atoms with E-state index in [0.29, 0.717) is 22.8 Å². The van der Waals surface area contributed by atoms with Crippen LogP contribution >= 0.6 is 0 Å². The highest BCUT2D eigenvalue weighted by molar-refractivity contribution is 6.05. The molecule has 4 aromatic carbocycles. The van der Waals surface area contributed by atoms with Crippen molar-refractivity contribution in [3.63, 3.8) is 0 Å². The van der Waals surface area contributed by atoms with Crippen LogP contribution in [0.4, 0.5) is 26.7 Å². The number of carbonyl (C=O) groups excluding carboxylic acids is 3. The third kappa shape index (κ3) is 6.58. The van der Waals surface area contributed by atoms with Gasteiger partial charge in [0.1, 0.15) is 11.9 Å². The number of benzene rings is 4. The first-order chi connectivity index (χ1) is 22.4. The highest BCUT2D eigenvalue weighted by atomic mass is 16.6. The summed E-state index contributed by atoms with van der Waals surface area (Å²) in [6, 6.07) is 28.7. The number of aromatic nitrogens is 1. The van der Waals surface area contributed by atoms with Gasteiger partial charge in [0, 0.05) is 34.3 Å². The molecule has 46 heavy (non-hydrogen) atoms. The molecule has 1 aliphatic carbocycles. The molecule has 0 saturated heterocycles. The van der Waals surface area contributed by atoms with Crippen LogP contribution in [0, 0.1) is 0 Å². The zero-order valence-corrected chi connectivity index (χ0v) is 25.7. The fourth-order valence-electron chi connectivity index (χ4n) is 5.94. The molecule has 0 aliphatic heterocycles. The SMILES string of the molecule is COc1cc(C(=O)OC(=O)N(c2ccccc2)c2ccccc2)ccc1C(C)c1c[nH]c2ccc(NC(=O)OC3CCCC3)cc12. The number of nitrogens with zero attached hydrogens (tertiary/aromatic N) is 1. The van der Waals surface area contributed by atoms with Gasteiger partial charge in [0.2, 0.25) is 0 Å². The number of hydrogen-bond acceptors (Lipinski definition) is 6. The second kappa shape index (κ2) is 13.6. The smallest absolute Gasteiger partial charge is 0.426 e. The fourth-order valence-corrected chi connectivity index (χ4v) is 5.94. The number of rotatable bonds is 8.